The van der Waals surface area contributed by atoms with Gasteiger partial charge in [-0.3, -0.25) is 0 Å². The Morgan fingerprint density at radius 3 is 2.18 bits per heavy atom. The fraction of sp³-hybridized carbons (Fsp3) is 0.174. The predicted octanol–water partition coefficient (Wildman–Crippen LogP) is 7.33. The molecule has 1 atom stereocenters. The van der Waals surface area contributed by atoms with Gasteiger partial charge in [0, 0.05) is 4.57 Å². The normalized spacial score (nSPS) is 10.1. The monoisotopic (exact) mass is 391 g/mol. The summed E-state index contributed by atoms with van der Waals surface area (Å²) in [6.45, 7) is 10.9. The molecule has 0 heterocycles. The van der Waals surface area contributed by atoms with Crippen LogP contribution in [-0.4, -0.2) is 0 Å². The zero-order valence-electron chi connectivity index (χ0n) is 16.1. The molecular formula is C23H24N2O2P+. The first-order valence-electron chi connectivity index (χ1n) is 9.10. The molecule has 0 aliphatic rings. The minimum Gasteiger partial charge on any atom is -0.238 e. The van der Waals surface area contributed by atoms with E-state index in [0.29, 0.717) is 5.75 Å². The summed E-state index contributed by atoms with van der Waals surface area (Å²) in [6.07, 6.45) is 2.27. The Kier molecular flexibility index (Phi) is 8.72. The third kappa shape index (κ3) is 7.61. The number of aryl methyl sites for hydroxylation is 2. The van der Waals surface area contributed by atoms with Gasteiger partial charge in [-0.05, 0) is 37.6 Å². The largest absolute Gasteiger partial charge is 0.694 e. The van der Waals surface area contributed by atoms with Gasteiger partial charge in [0.25, 0.3) is 0 Å². The molecule has 0 spiro atoms. The number of hydrogen-bond acceptors (Lipinski definition) is 2. The second-order valence-electron chi connectivity index (χ2n) is 6.17. The predicted molar refractivity (Wildman–Crippen MR) is 116 cm³/mol. The van der Waals surface area contributed by atoms with E-state index in [2.05, 4.69) is 16.9 Å². The first kappa shape index (κ1) is 21.2. The van der Waals surface area contributed by atoms with Gasteiger partial charge >= 0.3 is 8.18 Å². The maximum atomic E-state index is 11.7. The zero-order valence-corrected chi connectivity index (χ0v) is 17.0. The summed E-state index contributed by atoms with van der Waals surface area (Å²) in [5.41, 5.74) is 3.99. The third-order valence-electron chi connectivity index (χ3n) is 3.81. The Labute approximate surface area is 167 Å². The van der Waals surface area contributed by atoms with Crippen LogP contribution in [0.1, 0.15) is 24.5 Å². The molecule has 0 aromatic heterocycles. The van der Waals surface area contributed by atoms with E-state index >= 15 is 0 Å². The molecule has 0 saturated carbocycles. The molecule has 0 saturated heterocycles. The van der Waals surface area contributed by atoms with Gasteiger partial charge in [0.15, 0.2) is 11.4 Å². The quantitative estimate of drug-likeness (QED) is 0.353. The molecule has 5 heteroatoms. The summed E-state index contributed by atoms with van der Waals surface area (Å²) in [5, 5.41) is 2.80. The Balaban J connectivity index is 0.000000221. The molecule has 28 heavy (non-hydrogen) atoms. The van der Waals surface area contributed by atoms with Crippen LogP contribution in [0.4, 0.5) is 11.4 Å². The first-order valence-corrected chi connectivity index (χ1v) is 10.3. The summed E-state index contributed by atoms with van der Waals surface area (Å²) in [6, 6.07) is 24.5. The van der Waals surface area contributed by atoms with Gasteiger partial charge in [0.05, 0.1) is 12.3 Å². The van der Waals surface area contributed by atoms with E-state index in [1.165, 1.54) is 5.56 Å². The maximum Gasteiger partial charge on any atom is 0.694 e. The van der Waals surface area contributed by atoms with Gasteiger partial charge in [-0.25, -0.2) is 9.37 Å². The van der Waals surface area contributed by atoms with Crippen LogP contribution >= 0.6 is 8.18 Å². The minimum absolute atomic E-state index is 0.591. The van der Waals surface area contributed by atoms with Gasteiger partial charge in [-0.2, -0.15) is 0 Å². The molecule has 0 radical (unpaired) electrons. The van der Waals surface area contributed by atoms with Crippen molar-refractivity contribution in [3.63, 3.8) is 0 Å². The van der Waals surface area contributed by atoms with Crippen molar-refractivity contribution in [2.45, 2.75) is 26.7 Å². The van der Waals surface area contributed by atoms with Crippen molar-refractivity contribution in [3.05, 3.63) is 101 Å². The topological polar surface area (TPSA) is 42.7 Å². The molecule has 0 amide bonds. The molecule has 3 aromatic carbocycles. The summed E-state index contributed by atoms with van der Waals surface area (Å²) in [7, 11) is -1.94. The van der Waals surface area contributed by atoms with Crippen LogP contribution in [0.3, 0.4) is 0 Å². The fourth-order valence-electron chi connectivity index (χ4n) is 2.36. The highest BCUT2D eigenvalue weighted by atomic mass is 31.1. The van der Waals surface area contributed by atoms with Gasteiger partial charge in [-0.1, -0.05) is 79.1 Å². The van der Waals surface area contributed by atoms with E-state index in [1.807, 2.05) is 73.7 Å². The molecule has 0 bridgehead atoms. The number of anilines is 1. The second-order valence-corrected chi connectivity index (χ2v) is 7.09. The van der Waals surface area contributed by atoms with Gasteiger partial charge in [0.2, 0.25) is 0 Å². The highest BCUT2D eigenvalue weighted by Gasteiger charge is 2.19. The van der Waals surface area contributed by atoms with Crippen molar-refractivity contribution >= 4 is 19.6 Å². The van der Waals surface area contributed by atoms with Crippen LogP contribution in [0, 0.1) is 13.5 Å². The van der Waals surface area contributed by atoms with Crippen LogP contribution in [-0.2, 0) is 11.0 Å². The summed E-state index contributed by atoms with van der Waals surface area (Å²) < 4.78 is 16.9. The molecule has 1 unspecified atom stereocenters. The highest BCUT2D eigenvalue weighted by molar-refractivity contribution is 7.41. The highest BCUT2D eigenvalue weighted by Crippen LogP contribution is 2.28. The van der Waals surface area contributed by atoms with Crippen molar-refractivity contribution in [2.24, 2.45) is 0 Å². The fourth-order valence-corrected chi connectivity index (χ4v) is 3.08. The molecular weight excluding hydrogens is 367 g/mol. The molecule has 0 aliphatic carbocycles. The molecule has 3 aromatic rings. The Hall–Kier alpha value is -3.15. The number of benzene rings is 3. The molecule has 1 N–H and O–H groups in total. The Morgan fingerprint density at radius 2 is 1.61 bits per heavy atom. The van der Waals surface area contributed by atoms with E-state index < -0.39 is 8.18 Å². The van der Waals surface area contributed by atoms with Crippen LogP contribution in [0.2, 0.25) is 0 Å². The van der Waals surface area contributed by atoms with Crippen molar-refractivity contribution in [1.82, 2.24) is 0 Å². The number of rotatable bonds is 6. The van der Waals surface area contributed by atoms with Crippen LogP contribution in [0.15, 0.2) is 78.9 Å². The van der Waals surface area contributed by atoms with E-state index in [-0.39, 0.29) is 0 Å². The van der Waals surface area contributed by atoms with Gasteiger partial charge in [0.1, 0.15) is 0 Å². The average Bonchev–Trinajstić information content (AvgIpc) is 2.72. The van der Waals surface area contributed by atoms with Crippen LogP contribution in [0.5, 0.6) is 5.75 Å². The summed E-state index contributed by atoms with van der Waals surface area (Å²) in [4.78, 5) is 3.32. The number of hydrogen-bond donors (Lipinski definition) is 1. The van der Waals surface area contributed by atoms with E-state index in [0.717, 1.165) is 29.8 Å². The second kappa shape index (κ2) is 11.5. The van der Waals surface area contributed by atoms with Crippen molar-refractivity contribution in [2.75, 3.05) is 5.09 Å². The molecule has 0 aliphatic heterocycles. The average molecular weight is 391 g/mol. The number of nitrogens with zero attached hydrogens (tertiary/aromatic N) is 1. The third-order valence-corrected chi connectivity index (χ3v) is 4.63. The SMILES string of the molecule is Cc1ccc(N[P+](=O)Oc2ccccc2)cc1.[C-]#[N+]c1ccc(CCC)cc1. The lowest BCUT2D eigenvalue weighted by atomic mass is 10.1. The Morgan fingerprint density at radius 1 is 0.964 bits per heavy atom. The van der Waals surface area contributed by atoms with Crippen molar-refractivity contribution < 1.29 is 9.09 Å². The van der Waals surface area contributed by atoms with Crippen molar-refractivity contribution in [3.8, 4) is 5.75 Å². The lowest BCUT2D eigenvalue weighted by molar-refractivity contribution is 0.510. The maximum absolute atomic E-state index is 11.7. The molecule has 0 fully saturated rings. The lowest BCUT2D eigenvalue weighted by Gasteiger charge is -1.96. The van der Waals surface area contributed by atoms with E-state index in [4.69, 9.17) is 11.1 Å². The molecule has 3 rings (SSSR count). The summed E-state index contributed by atoms with van der Waals surface area (Å²) >= 11 is 0. The molecule has 4 nitrogen and oxygen atoms in total. The van der Waals surface area contributed by atoms with E-state index in [9.17, 15) is 4.57 Å². The van der Waals surface area contributed by atoms with Gasteiger partial charge < -0.3 is 0 Å². The summed E-state index contributed by atoms with van der Waals surface area (Å²) in [5.74, 6) is 0.591. The smallest absolute Gasteiger partial charge is 0.238 e. The van der Waals surface area contributed by atoms with Gasteiger partial charge in [-0.15, -0.1) is 5.09 Å². The van der Waals surface area contributed by atoms with Crippen LogP contribution < -0.4 is 9.61 Å². The number of nitrogens with one attached hydrogen (secondary N) is 1. The van der Waals surface area contributed by atoms with Crippen molar-refractivity contribution in [1.29, 1.82) is 0 Å². The first-order chi connectivity index (χ1) is 13.6. The lowest BCUT2D eigenvalue weighted by Crippen LogP contribution is -1.91. The molecule has 142 valence electrons. The standard InChI is InChI=1S/C13H13NO2P.C10H11N/c1-11-7-9-12(10-8-11)14-17(15)16-13-5-3-2-4-6-13;1-3-4-9-5-7-10(11-2)8-6-9/h2-10H,1H3,(H,14,15);5-8H,3-4H2,1H3/q+1;. The zero-order chi connectivity index (χ0) is 20.2. The Bertz CT molecular complexity index is 902. The minimum atomic E-state index is -1.94. The van der Waals surface area contributed by atoms with Crippen LogP contribution in [0.25, 0.3) is 4.85 Å². The van der Waals surface area contributed by atoms with E-state index in [1.54, 1.807) is 12.1 Å². The number of para-hydroxylation sites is 1.